The normalized spacial score (nSPS) is 12.2. The first-order valence-electron chi connectivity index (χ1n) is 7.07. The highest BCUT2D eigenvalue weighted by Crippen LogP contribution is 2.27. The van der Waals surface area contributed by atoms with Gasteiger partial charge in [-0.3, -0.25) is 0 Å². The largest absolute Gasteiger partial charge is 0.489 e. The lowest BCUT2D eigenvalue weighted by molar-refractivity contribution is 0.166. The van der Waals surface area contributed by atoms with Gasteiger partial charge < -0.3 is 9.84 Å². The van der Waals surface area contributed by atoms with Crippen LogP contribution in [-0.4, -0.2) is 5.11 Å². The summed E-state index contributed by atoms with van der Waals surface area (Å²) < 4.78 is 5.92. The van der Waals surface area contributed by atoms with Gasteiger partial charge in [-0.05, 0) is 37.5 Å². The van der Waals surface area contributed by atoms with E-state index in [1.807, 2.05) is 31.2 Å². The Balaban J connectivity index is 2.17. The summed E-state index contributed by atoms with van der Waals surface area (Å²) in [7, 11) is 0. The van der Waals surface area contributed by atoms with Crippen molar-refractivity contribution in [2.45, 2.75) is 39.9 Å². The Bertz CT molecular complexity index is 575. The predicted molar refractivity (Wildman–Crippen MR) is 81.9 cm³/mol. The van der Waals surface area contributed by atoms with Gasteiger partial charge in [-0.1, -0.05) is 48.9 Å². The van der Waals surface area contributed by atoms with E-state index in [9.17, 15) is 5.11 Å². The maximum Gasteiger partial charge on any atom is 0.125 e. The number of aryl methyl sites for hydroxylation is 2. The van der Waals surface area contributed by atoms with Gasteiger partial charge >= 0.3 is 0 Å². The van der Waals surface area contributed by atoms with Gasteiger partial charge in [0.1, 0.15) is 12.4 Å². The molecular weight excluding hydrogens is 248 g/mol. The van der Waals surface area contributed by atoms with Crippen LogP contribution < -0.4 is 4.74 Å². The summed E-state index contributed by atoms with van der Waals surface area (Å²) in [5.41, 5.74) is 4.51. The average molecular weight is 270 g/mol. The molecule has 20 heavy (non-hydrogen) atoms. The van der Waals surface area contributed by atoms with Crippen molar-refractivity contribution >= 4 is 0 Å². The van der Waals surface area contributed by atoms with Crippen LogP contribution in [-0.2, 0) is 6.61 Å². The molecule has 2 heteroatoms. The lowest BCUT2D eigenvalue weighted by Crippen LogP contribution is -2.03. The highest BCUT2D eigenvalue weighted by atomic mass is 16.5. The molecule has 2 rings (SSSR count). The van der Waals surface area contributed by atoms with Crippen LogP contribution >= 0.6 is 0 Å². The van der Waals surface area contributed by atoms with Crippen LogP contribution in [0, 0.1) is 13.8 Å². The molecule has 0 saturated heterocycles. The average Bonchev–Trinajstić information content (AvgIpc) is 2.47. The van der Waals surface area contributed by atoms with Crippen LogP contribution in [0.3, 0.4) is 0 Å². The Morgan fingerprint density at radius 2 is 1.85 bits per heavy atom. The van der Waals surface area contributed by atoms with E-state index in [0.29, 0.717) is 13.0 Å². The Kier molecular flexibility index (Phi) is 4.80. The Hall–Kier alpha value is -1.80. The van der Waals surface area contributed by atoms with E-state index in [4.69, 9.17) is 4.74 Å². The summed E-state index contributed by atoms with van der Waals surface area (Å²) in [5, 5.41) is 10.0. The zero-order valence-electron chi connectivity index (χ0n) is 12.4. The minimum Gasteiger partial charge on any atom is -0.489 e. The van der Waals surface area contributed by atoms with E-state index in [1.165, 1.54) is 16.7 Å². The molecule has 0 aliphatic rings. The third-order valence-electron chi connectivity index (χ3n) is 3.55. The van der Waals surface area contributed by atoms with E-state index in [0.717, 1.165) is 11.3 Å². The number of aliphatic hydroxyl groups is 1. The van der Waals surface area contributed by atoms with Gasteiger partial charge in [0.2, 0.25) is 0 Å². The van der Waals surface area contributed by atoms with Gasteiger partial charge in [0.15, 0.2) is 0 Å². The molecule has 0 spiro atoms. The lowest BCUT2D eigenvalue weighted by Gasteiger charge is -2.16. The molecule has 2 aromatic rings. The zero-order valence-corrected chi connectivity index (χ0v) is 12.4. The second-order valence-corrected chi connectivity index (χ2v) is 5.18. The van der Waals surface area contributed by atoms with Crippen LogP contribution in [0.1, 0.15) is 41.7 Å². The number of para-hydroxylation sites is 1. The third-order valence-corrected chi connectivity index (χ3v) is 3.55. The maximum atomic E-state index is 10.0. The van der Waals surface area contributed by atoms with Crippen molar-refractivity contribution in [2.75, 3.05) is 0 Å². The second-order valence-electron chi connectivity index (χ2n) is 5.18. The SMILES string of the molecule is CC[C@H](O)c1ccccc1OCc1cc(C)ccc1C. The summed E-state index contributed by atoms with van der Waals surface area (Å²) in [6.07, 6.45) is 0.217. The first-order chi connectivity index (χ1) is 9.61. The van der Waals surface area contributed by atoms with Gasteiger partial charge in [0.05, 0.1) is 6.10 Å². The molecule has 0 radical (unpaired) electrons. The molecule has 0 fully saturated rings. The molecule has 0 amide bonds. The molecule has 0 aromatic heterocycles. The Labute approximate surface area is 121 Å². The number of aliphatic hydroxyl groups excluding tert-OH is 1. The van der Waals surface area contributed by atoms with Crippen molar-refractivity contribution in [2.24, 2.45) is 0 Å². The monoisotopic (exact) mass is 270 g/mol. The molecule has 0 unspecified atom stereocenters. The van der Waals surface area contributed by atoms with Crippen LogP contribution in [0.15, 0.2) is 42.5 Å². The van der Waals surface area contributed by atoms with Crippen molar-refractivity contribution in [3.8, 4) is 5.75 Å². The van der Waals surface area contributed by atoms with Crippen LogP contribution in [0.5, 0.6) is 5.75 Å². The third kappa shape index (κ3) is 3.40. The second kappa shape index (κ2) is 6.58. The molecule has 1 atom stereocenters. The molecule has 0 heterocycles. The van der Waals surface area contributed by atoms with Gasteiger partial charge in [0.25, 0.3) is 0 Å². The summed E-state index contributed by atoms with van der Waals surface area (Å²) in [6.45, 7) is 6.66. The fraction of sp³-hybridized carbons (Fsp3) is 0.333. The van der Waals surface area contributed by atoms with E-state index in [1.54, 1.807) is 0 Å². The fourth-order valence-corrected chi connectivity index (χ4v) is 2.22. The number of ether oxygens (including phenoxy) is 1. The van der Waals surface area contributed by atoms with Crippen LogP contribution in [0.2, 0.25) is 0 Å². The fourth-order valence-electron chi connectivity index (χ4n) is 2.22. The molecule has 2 aromatic carbocycles. The highest BCUT2D eigenvalue weighted by Gasteiger charge is 2.11. The number of hydrogen-bond acceptors (Lipinski definition) is 2. The van der Waals surface area contributed by atoms with Gasteiger partial charge in [-0.2, -0.15) is 0 Å². The maximum absolute atomic E-state index is 10.0. The molecule has 0 aliphatic carbocycles. The van der Waals surface area contributed by atoms with Crippen molar-refractivity contribution in [1.82, 2.24) is 0 Å². The number of rotatable bonds is 5. The van der Waals surface area contributed by atoms with Crippen molar-refractivity contribution in [1.29, 1.82) is 0 Å². The molecule has 0 aliphatic heterocycles. The van der Waals surface area contributed by atoms with Crippen molar-refractivity contribution < 1.29 is 9.84 Å². The molecular formula is C18H22O2. The zero-order chi connectivity index (χ0) is 14.5. The summed E-state index contributed by atoms with van der Waals surface area (Å²) in [4.78, 5) is 0. The summed E-state index contributed by atoms with van der Waals surface area (Å²) in [6, 6.07) is 14.1. The lowest BCUT2D eigenvalue weighted by atomic mass is 10.1. The minimum atomic E-state index is -0.468. The molecule has 1 N–H and O–H groups in total. The molecule has 0 saturated carbocycles. The minimum absolute atomic E-state index is 0.468. The van der Waals surface area contributed by atoms with Crippen LogP contribution in [0.4, 0.5) is 0 Å². The summed E-state index contributed by atoms with van der Waals surface area (Å²) >= 11 is 0. The highest BCUT2D eigenvalue weighted by molar-refractivity contribution is 5.36. The molecule has 2 nitrogen and oxygen atoms in total. The Morgan fingerprint density at radius 3 is 2.60 bits per heavy atom. The number of hydrogen-bond donors (Lipinski definition) is 1. The summed E-state index contributed by atoms with van der Waals surface area (Å²) in [5.74, 6) is 0.766. The Morgan fingerprint density at radius 1 is 1.10 bits per heavy atom. The first-order valence-corrected chi connectivity index (χ1v) is 7.07. The molecule has 0 bridgehead atoms. The van der Waals surface area contributed by atoms with Gasteiger partial charge in [0, 0.05) is 5.56 Å². The molecule has 106 valence electrons. The van der Waals surface area contributed by atoms with Crippen molar-refractivity contribution in [3.05, 3.63) is 64.7 Å². The van der Waals surface area contributed by atoms with E-state index >= 15 is 0 Å². The van der Waals surface area contributed by atoms with Crippen LogP contribution in [0.25, 0.3) is 0 Å². The standard InChI is InChI=1S/C18H22O2/c1-4-17(19)16-7-5-6-8-18(16)20-12-15-11-13(2)9-10-14(15)3/h5-11,17,19H,4,12H2,1-3H3/t17-/m0/s1. The quantitative estimate of drug-likeness (QED) is 0.876. The van der Waals surface area contributed by atoms with E-state index in [2.05, 4.69) is 32.0 Å². The van der Waals surface area contributed by atoms with E-state index < -0.39 is 6.10 Å². The van der Waals surface area contributed by atoms with Crippen molar-refractivity contribution in [3.63, 3.8) is 0 Å². The number of benzene rings is 2. The smallest absolute Gasteiger partial charge is 0.125 e. The van der Waals surface area contributed by atoms with E-state index in [-0.39, 0.29) is 0 Å². The van der Waals surface area contributed by atoms with Gasteiger partial charge in [-0.25, -0.2) is 0 Å². The topological polar surface area (TPSA) is 29.5 Å². The van der Waals surface area contributed by atoms with Gasteiger partial charge in [-0.15, -0.1) is 0 Å². The predicted octanol–water partition coefficient (Wildman–Crippen LogP) is 4.33. The first kappa shape index (κ1) is 14.6.